The molecule has 0 fully saturated rings. The summed E-state index contributed by atoms with van der Waals surface area (Å²) in [6.07, 6.45) is 6.85. The van der Waals surface area contributed by atoms with Crippen LogP contribution < -0.4 is 0 Å². The molecular formula is C66H84O8. The van der Waals surface area contributed by atoms with E-state index in [4.69, 9.17) is 35.7 Å². The zero-order chi connectivity index (χ0) is 55.6. The van der Waals surface area contributed by atoms with Gasteiger partial charge in [-0.1, -0.05) is 142 Å². The van der Waals surface area contributed by atoms with Crippen LogP contribution in [-0.2, 0) is 19.3 Å². The van der Waals surface area contributed by atoms with Gasteiger partial charge in [0.05, 0.1) is 0 Å². The fraction of sp³-hybridized carbons (Fsp3) is 0.273. The molecular weight excluding hydrogens is 921 g/mol. The van der Waals surface area contributed by atoms with Crippen LogP contribution in [0.4, 0.5) is 0 Å². The first-order valence-electron chi connectivity index (χ1n) is 25.2. The third kappa shape index (κ3) is 28.9. The molecule has 8 aromatic rings. The minimum absolute atomic E-state index is 0.329. The maximum absolute atomic E-state index is 9.21. The molecule has 0 atom stereocenters. The van der Waals surface area contributed by atoms with Crippen LogP contribution in [0.2, 0.25) is 0 Å². The maximum atomic E-state index is 9.21. The average Bonchev–Trinajstić information content (AvgIpc) is 3.37. The van der Waals surface area contributed by atoms with Crippen molar-refractivity contribution in [2.45, 2.75) is 122 Å². The van der Waals surface area contributed by atoms with E-state index < -0.39 is 0 Å². The molecule has 8 nitrogen and oxygen atoms in total. The number of hydrogen-bond donors (Lipinski definition) is 8. The van der Waals surface area contributed by atoms with E-state index >= 15 is 0 Å². The normalized spacial score (nSPS) is 9.57. The Bertz CT molecular complexity index is 2590. The predicted octanol–water partition coefficient (Wildman–Crippen LogP) is 16.8. The number of rotatable bonds is 6. The molecule has 8 heteroatoms. The minimum Gasteiger partial charge on any atom is -0.508 e. The van der Waals surface area contributed by atoms with Gasteiger partial charge in [-0.05, 0) is 216 Å². The zero-order valence-corrected chi connectivity index (χ0v) is 46.0. The van der Waals surface area contributed by atoms with Gasteiger partial charge < -0.3 is 40.9 Å². The van der Waals surface area contributed by atoms with Gasteiger partial charge in [0.2, 0.25) is 0 Å². The summed E-state index contributed by atoms with van der Waals surface area (Å²) >= 11 is 0. The fourth-order valence-electron chi connectivity index (χ4n) is 6.33. The van der Waals surface area contributed by atoms with E-state index in [0.717, 1.165) is 59.1 Å². The highest BCUT2D eigenvalue weighted by atomic mass is 16.3. The Morgan fingerprint density at radius 3 is 1.05 bits per heavy atom. The van der Waals surface area contributed by atoms with Gasteiger partial charge in [0.15, 0.2) is 0 Å². The van der Waals surface area contributed by atoms with Gasteiger partial charge in [0.1, 0.15) is 46.0 Å². The summed E-state index contributed by atoms with van der Waals surface area (Å²) in [4.78, 5) is 0. The summed E-state index contributed by atoms with van der Waals surface area (Å²) in [5.74, 6) is 2.89. The Kier molecular flexibility index (Phi) is 31.3. The van der Waals surface area contributed by atoms with E-state index in [9.17, 15) is 5.11 Å². The van der Waals surface area contributed by atoms with Gasteiger partial charge in [0.25, 0.3) is 0 Å². The fourth-order valence-corrected chi connectivity index (χ4v) is 6.33. The Morgan fingerprint density at radius 1 is 0.284 bits per heavy atom. The Balaban J connectivity index is 0.000000423. The monoisotopic (exact) mass is 1000 g/mol. The molecule has 0 bridgehead atoms. The molecule has 8 N–H and O–H groups in total. The zero-order valence-electron chi connectivity index (χ0n) is 46.0. The van der Waals surface area contributed by atoms with Gasteiger partial charge >= 0.3 is 0 Å². The van der Waals surface area contributed by atoms with E-state index in [1.54, 1.807) is 72.8 Å². The third-order valence-corrected chi connectivity index (χ3v) is 11.3. The summed E-state index contributed by atoms with van der Waals surface area (Å²) in [5, 5.41) is 71.8. The van der Waals surface area contributed by atoms with E-state index in [0.29, 0.717) is 46.0 Å². The summed E-state index contributed by atoms with van der Waals surface area (Å²) < 4.78 is 0. The lowest BCUT2D eigenvalue weighted by molar-refractivity contribution is 0.467. The van der Waals surface area contributed by atoms with Crippen LogP contribution in [0.25, 0.3) is 0 Å². The highest BCUT2D eigenvalue weighted by Gasteiger charge is 1.97. The van der Waals surface area contributed by atoms with Crippen LogP contribution in [0, 0.1) is 62.3 Å². The number of benzene rings is 8. The molecule has 8 rings (SSSR count). The topological polar surface area (TPSA) is 162 Å². The lowest BCUT2D eigenvalue weighted by Crippen LogP contribution is -1.82. The van der Waals surface area contributed by atoms with Crippen molar-refractivity contribution >= 4 is 0 Å². The van der Waals surface area contributed by atoms with E-state index in [1.165, 1.54) is 46.2 Å². The predicted molar refractivity (Wildman–Crippen MR) is 309 cm³/mol. The molecule has 0 aromatic heterocycles. The Morgan fingerprint density at radius 2 is 0.689 bits per heavy atom. The van der Waals surface area contributed by atoms with Crippen LogP contribution in [0.1, 0.15) is 107 Å². The Labute approximate surface area is 443 Å². The van der Waals surface area contributed by atoms with Crippen molar-refractivity contribution in [3.05, 3.63) is 237 Å². The number of hydrogen-bond acceptors (Lipinski definition) is 8. The quantitative estimate of drug-likeness (QED) is 0.0817. The summed E-state index contributed by atoms with van der Waals surface area (Å²) in [5.41, 5.74) is 13.4. The number of aromatic hydroxyl groups is 8. The minimum atomic E-state index is 0.329. The SMILES string of the molecule is CCCCc1ccc(O)cc1.CCCc1ccc(O)cc1.CCc1ccc(O)cc1.Cc1ccc(C)c(O)c1.Cc1ccc(O)c(C)c1.Cc1ccc(O)cc1.Cc1ccc(O)cc1C.Cc1cccc(C)c1O. The van der Waals surface area contributed by atoms with Crippen molar-refractivity contribution in [1.82, 2.24) is 0 Å². The van der Waals surface area contributed by atoms with Crippen LogP contribution in [0.3, 0.4) is 0 Å². The third-order valence-electron chi connectivity index (χ3n) is 11.3. The molecule has 74 heavy (non-hydrogen) atoms. The largest absolute Gasteiger partial charge is 0.508 e. The molecule has 0 unspecified atom stereocenters. The van der Waals surface area contributed by atoms with E-state index in [-0.39, 0.29) is 0 Å². The first-order chi connectivity index (χ1) is 35.1. The first kappa shape index (κ1) is 64.2. The molecule has 8 aromatic carbocycles. The van der Waals surface area contributed by atoms with Crippen molar-refractivity contribution in [2.24, 2.45) is 0 Å². The highest BCUT2D eigenvalue weighted by Crippen LogP contribution is 2.20. The molecule has 0 amide bonds. The van der Waals surface area contributed by atoms with E-state index in [1.807, 2.05) is 159 Å². The smallest absolute Gasteiger partial charge is 0.121 e. The molecule has 0 aliphatic carbocycles. The van der Waals surface area contributed by atoms with Gasteiger partial charge in [-0.25, -0.2) is 0 Å². The van der Waals surface area contributed by atoms with Crippen molar-refractivity contribution in [1.29, 1.82) is 0 Å². The van der Waals surface area contributed by atoms with Crippen LogP contribution in [-0.4, -0.2) is 40.9 Å². The summed E-state index contributed by atoms with van der Waals surface area (Å²) in [6.45, 7) is 23.9. The lowest BCUT2D eigenvalue weighted by Gasteiger charge is -1.99. The molecule has 0 saturated carbocycles. The number of aryl methyl sites for hydroxylation is 12. The molecule has 0 heterocycles. The number of para-hydroxylation sites is 1. The van der Waals surface area contributed by atoms with Gasteiger partial charge in [-0.3, -0.25) is 0 Å². The highest BCUT2D eigenvalue weighted by molar-refractivity contribution is 5.38. The second-order valence-electron chi connectivity index (χ2n) is 18.1. The van der Waals surface area contributed by atoms with Crippen molar-refractivity contribution in [2.75, 3.05) is 0 Å². The van der Waals surface area contributed by atoms with E-state index in [2.05, 4.69) is 20.8 Å². The maximum Gasteiger partial charge on any atom is 0.121 e. The van der Waals surface area contributed by atoms with Crippen molar-refractivity contribution in [3.63, 3.8) is 0 Å². The van der Waals surface area contributed by atoms with Gasteiger partial charge in [0, 0.05) is 0 Å². The van der Waals surface area contributed by atoms with Gasteiger partial charge in [-0.2, -0.15) is 0 Å². The summed E-state index contributed by atoms with van der Waals surface area (Å²) in [6, 6.07) is 51.5. The second kappa shape index (κ2) is 36.1. The second-order valence-corrected chi connectivity index (χ2v) is 18.1. The standard InChI is InChI=1S/C10H14O.C9H12O.5C8H10O.C7H8O/c1-2-3-4-9-5-7-10(11)8-6-9;1-2-3-8-4-6-9(10)7-5-8;1-6-3-4-8(9)5-7(6)2;1-6-3-4-8(9)7(2)5-6;1-6-3-4-7(2)8(9)5-6;1-6-4-3-5-7(2)8(6)9;1-2-7-3-5-8(9)6-4-7;1-6-2-4-7(8)5-3-6/h5-8,11H,2-4H2,1H3;4-7,10H,2-3H2,1H3;4*3-5,9H,1-2H3;3-6,9H,2H2,1H3;2-5,8H,1H3. The number of phenols is 8. The Hall–Kier alpha value is -7.84. The number of phenolic OH excluding ortho intramolecular Hbond substituents is 8. The van der Waals surface area contributed by atoms with Crippen molar-refractivity contribution < 1.29 is 40.9 Å². The molecule has 0 aliphatic heterocycles. The van der Waals surface area contributed by atoms with Crippen LogP contribution >= 0.6 is 0 Å². The van der Waals surface area contributed by atoms with Gasteiger partial charge in [-0.15, -0.1) is 0 Å². The van der Waals surface area contributed by atoms with Crippen LogP contribution in [0.15, 0.2) is 170 Å². The van der Waals surface area contributed by atoms with Crippen molar-refractivity contribution in [3.8, 4) is 46.0 Å². The molecule has 0 spiro atoms. The number of unbranched alkanes of at least 4 members (excludes halogenated alkanes) is 1. The molecule has 0 aliphatic rings. The average molecular weight is 1010 g/mol. The van der Waals surface area contributed by atoms with Crippen LogP contribution in [0.5, 0.6) is 46.0 Å². The summed E-state index contributed by atoms with van der Waals surface area (Å²) in [7, 11) is 0. The molecule has 0 radical (unpaired) electrons. The molecule has 396 valence electrons. The lowest BCUT2D eigenvalue weighted by atomic mass is 10.1. The first-order valence-corrected chi connectivity index (χ1v) is 25.2. The molecule has 0 saturated heterocycles.